The lowest BCUT2D eigenvalue weighted by atomic mass is 9.68. The van der Waals surface area contributed by atoms with E-state index in [0.29, 0.717) is 38.1 Å². The molecule has 1 saturated carbocycles. The maximum atomic E-state index is 12.9. The van der Waals surface area contributed by atoms with Crippen molar-refractivity contribution in [3.63, 3.8) is 0 Å². The van der Waals surface area contributed by atoms with E-state index in [1.165, 1.54) is 0 Å². The highest BCUT2D eigenvalue weighted by Crippen LogP contribution is 2.42. The minimum absolute atomic E-state index is 0.0415. The van der Waals surface area contributed by atoms with Crippen molar-refractivity contribution in [3.8, 4) is 5.75 Å². The van der Waals surface area contributed by atoms with Crippen LogP contribution in [0, 0.1) is 11.8 Å². The molecule has 12 heteroatoms. The van der Waals surface area contributed by atoms with E-state index in [9.17, 15) is 35.9 Å². The van der Waals surface area contributed by atoms with Gasteiger partial charge in [-0.25, -0.2) is 4.79 Å². The number of halogens is 6. The second-order valence-corrected chi connectivity index (χ2v) is 8.25. The van der Waals surface area contributed by atoms with Gasteiger partial charge in [0.15, 0.2) is 0 Å². The van der Waals surface area contributed by atoms with Gasteiger partial charge >= 0.3 is 18.4 Å². The molecule has 1 aliphatic carbocycles. The maximum Gasteiger partial charge on any atom is 0.416 e. The molecule has 1 aromatic carbocycles. The van der Waals surface area contributed by atoms with Crippen LogP contribution in [-0.4, -0.2) is 48.7 Å². The van der Waals surface area contributed by atoms with E-state index in [1.54, 1.807) is 4.90 Å². The molecule has 31 heavy (non-hydrogen) atoms. The Balaban J connectivity index is 1.29. The molecule has 3 aliphatic rings. The van der Waals surface area contributed by atoms with Crippen LogP contribution in [0.4, 0.5) is 31.1 Å². The molecule has 0 radical (unpaired) electrons. The number of ether oxygens (including phenoxy) is 2. The van der Waals surface area contributed by atoms with Crippen molar-refractivity contribution in [1.29, 1.82) is 0 Å². The maximum absolute atomic E-state index is 12.9. The second-order valence-electron chi connectivity index (χ2n) is 8.25. The molecule has 1 N–H and O–H groups in total. The molecule has 1 spiro atoms. The number of alkyl carbamates (subject to hydrolysis) is 1. The summed E-state index contributed by atoms with van der Waals surface area (Å²) >= 11 is 0. The third kappa shape index (κ3) is 4.38. The van der Waals surface area contributed by atoms with Crippen LogP contribution in [0.3, 0.4) is 0 Å². The van der Waals surface area contributed by atoms with Gasteiger partial charge in [0, 0.05) is 24.9 Å². The molecule has 6 nitrogen and oxygen atoms in total. The Bertz CT molecular complexity index is 856. The minimum Gasteiger partial charge on any atom is -0.493 e. The van der Waals surface area contributed by atoms with Crippen LogP contribution in [0.25, 0.3) is 0 Å². The SMILES string of the molecule is O=C1N[C@]2(CO1)C[C@H](C(=O)N1CC(COc3cc(C(F)(F)F)cc(C(F)(F)F)c3)C1)C2. The van der Waals surface area contributed by atoms with Crippen molar-refractivity contribution < 1.29 is 45.4 Å². The van der Waals surface area contributed by atoms with E-state index in [-0.39, 0.29) is 37.0 Å². The fourth-order valence-electron chi connectivity index (χ4n) is 4.11. The van der Waals surface area contributed by atoms with Crippen LogP contribution >= 0.6 is 0 Å². The number of hydrogen-bond acceptors (Lipinski definition) is 4. The average Bonchev–Trinajstić information content (AvgIpc) is 2.99. The fraction of sp³-hybridized carbons (Fsp3) is 0.579. The molecule has 0 atom stereocenters. The first-order valence-electron chi connectivity index (χ1n) is 9.51. The van der Waals surface area contributed by atoms with Crippen LogP contribution in [-0.2, 0) is 21.9 Å². The molecular weight excluding hydrogens is 434 g/mol. The topological polar surface area (TPSA) is 67.9 Å². The predicted octanol–water partition coefficient (Wildman–Crippen LogP) is 3.45. The zero-order valence-corrected chi connectivity index (χ0v) is 16.0. The summed E-state index contributed by atoms with van der Waals surface area (Å²) in [5, 5.41) is 2.69. The van der Waals surface area contributed by atoms with Gasteiger partial charge in [0.25, 0.3) is 0 Å². The van der Waals surface area contributed by atoms with Crippen molar-refractivity contribution >= 4 is 12.0 Å². The Morgan fingerprint density at radius 3 is 2.16 bits per heavy atom. The number of rotatable bonds is 4. The van der Waals surface area contributed by atoms with Gasteiger partial charge in [-0.05, 0) is 31.0 Å². The standard InChI is InChI=1S/C19H18F6N2O4/c20-18(21,22)12-1-13(19(23,24)25)3-14(2-12)30-8-10-6-27(7-10)15(28)11-4-17(5-11)9-31-16(29)26-17/h1-3,10-11H,4-9H2,(H,26,29)/t11-,17+. The number of carbonyl (C=O) groups is 2. The first kappa shape index (κ1) is 21.6. The summed E-state index contributed by atoms with van der Waals surface area (Å²) in [6, 6.07) is 1.10. The zero-order valence-electron chi connectivity index (χ0n) is 16.0. The molecular formula is C19H18F6N2O4. The summed E-state index contributed by atoms with van der Waals surface area (Å²) in [7, 11) is 0. The number of cyclic esters (lactones) is 1. The molecule has 4 rings (SSSR count). The molecule has 0 aromatic heterocycles. The predicted molar refractivity (Wildman–Crippen MR) is 91.9 cm³/mol. The molecule has 2 heterocycles. The Hall–Kier alpha value is -2.66. The summed E-state index contributed by atoms with van der Waals surface area (Å²) in [4.78, 5) is 25.2. The van der Waals surface area contributed by atoms with Crippen LogP contribution in [0.2, 0.25) is 0 Å². The summed E-state index contributed by atoms with van der Waals surface area (Å²) in [5.41, 5.74) is -3.36. The van der Waals surface area contributed by atoms with E-state index in [2.05, 4.69) is 5.32 Å². The molecule has 170 valence electrons. The van der Waals surface area contributed by atoms with E-state index in [0.717, 1.165) is 0 Å². The van der Waals surface area contributed by atoms with Gasteiger partial charge in [0.1, 0.15) is 12.4 Å². The van der Waals surface area contributed by atoms with E-state index in [1.807, 2.05) is 0 Å². The smallest absolute Gasteiger partial charge is 0.416 e. The first-order chi connectivity index (χ1) is 14.3. The van der Waals surface area contributed by atoms with Crippen LogP contribution < -0.4 is 10.1 Å². The number of carbonyl (C=O) groups excluding carboxylic acids is 2. The highest BCUT2D eigenvalue weighted by Gasteiger charge is 2.54. The van der Waals surface area contributed by atoms with Gasteiger partial charge in [-0.15, -0.1) is 0 Å². The van der Waals surface area contributed by atoms with Crippen molar-refractivity contribution in [1.82, 2.24) is 10.2 Å². The number of nitrogens with one attached hydrogen (secondary N) is 1. The number of nitrogens with zero attached hydrogens (tertiary/aromatic N) is 1. The largest absolute Gasteiger partial charge is 0.493 e. The lowest BCUT2D eigenvalue weighted by molar-refractivity contribution is -0.148. The monoisotopic (exact) mass is 452 g/mol. The van der Waals surface area contributed by atoms with Gasteiger partial charge in [0.2, 0.25) is 5.91 Å². The first-order valence-corrected chi connectivity index (χ1v) is 9.51. The summed E-state index contributed by atoms with van der Waals surface area (Å²) in [6.45, 7) is 0.719. The Morgan fingerprint density at radius 1 is 1.10 bits per heavy atom. The van der Waals surface area contributed by atoms with E-state index < -0.39 is 40.9 Å². The summed E-state index contributed by atoms with van der Waals surface area (Å²) in [5.74, 6) is -1.07. The quantitative estimate of drug-likeness (QED) is 0.711. The van der Waals surface area contributed by atoms with E-state index in [4.69, 9.17) is 9.47 Å². The number of likely N-dealkylation sites (tertiary alicyclic amines) is 1. The Kier molecular flexibility index (Phi) is 5.01. The molecule has 1 aromatic rings. The van der Waals surface area contributed by atoms with Crippen LogP contribution in [0.15, 0.2) is 18.2 Å². The van der Waals surface area contributed by atoms with Gasteiger partial charge in [-0.2, -0.15) is 26.3 Å². The number of hydrogen-bond donors (Lipinski definition) is 1. The molecule has 0 bridgehead atoms. The second kappa shape index (κ2) is 7.20. The normalized spacial score (nSPS) is 26.2. The lowest BCUT2D eigenvalue weighted by Crippen LogP contribution is -2.61. The molecule has 2 saturated heterocycles. The van der Waals surface area contributed by atoms with Gasteiger partial charge in [0.05, 0.1) is 23.3 Å². The lowest BCUT2D eigenvalue weighted by Gasteiger charge is -2.47. The molecule has 0 unspecified atom stereocenters. The van der Waals surface area contributed by atoms with Crippen molar-refractivity contribution in [2.24, 2.45) is 11.8 Å². The Labute approximate surface area is 172 Å². The van der Waals surface area contributed by atoms with Crippen molar-refractivity contribution in [2.75, 3.05) is 26.3 Å². The van der Waals surface area contributed by atoms with Crippen molar-refractivity contribution in [2.45, 2.75) is 30.7 Å². The minimum atomic E-state index is -4.94. The Morgan fingerprint density at radius 2 is 1.68 bits per heavy atom. The highest BCUT2D eigenvalue weighted by atomic mass is 19.4. The third-order valence-corrected chi connectivity index (χ3v) is 5.79. The third-order valence-electron chi connectivity index (χ3n) is 5.79. The average molecular weight is 452 g/mol. The molecule has 3 fully saturated rings. The number of benzene rings is 1. The van der Waals surface area contributed by atoms with E-state index >= 15 is 0 Å². The van der Waals surface area contributed by atoms with Gasteiger partial charge in [-0.1, -0.05) is 0 Å². The highest BCUT2D eigenvalue weighted by molar-refractivity contribution is 5.82. The number of alkyl halides is 6. The zero-order chi connectivity index (χ0) is 22.6. The fourth-order valence-corrected chi connectivity index (χ4v) is 4.11. The molecule has 2 amide bonds. The van der Waals surface area contributed by atoms with Gasteiger partial charge < -0.3 is 19.7 Å². The van der Waals surface area contributed by atoms with Gasteiger partial charge in [-0.3, -0.25) is 4.79 Å². The number of amides is 2. The summed E-state index contributed by atoms with van der Waals surface area (Å²) < 4.78 is 87.5. The van der Waals surface area contributed by atoms with Crippen LogP contribution in [0.5, 0.6) is 5.75 Å². The summed E-state index contributed by atoms with van der Waals surface area (Å²) in [6.07, 6.45) is -9.44. The molecule has 2 aliphatic heterocycles. The van der Waals surface area contributed by atoms with Crippen LogP contribution in [0.1, 0.15) is 24.0 Å². The van der Waals surface area contributed by atoms with Crippen molar-refractivity contribution in [3.05, 3.63) is 29.3 Å².